The molecule has 2 aromatic rings. The third-order valence-corrected chi connectivity index (χ3v) is 6.19. The summed E-state index contributed by atoms with van der Waals surface area (Å²) in [6, 6.07) is 11.6. The van der Waals surface area contributed by atoms with Crippen molar-refractivity contribution >= 4 is 21.8 Å². The Labute approximate surface area is 172 Å². The van der Waals surface area contributed by atoms with Crippen LogP contribution in [-0.2, 0) is 16.6 Å². The second kappa shape index (κ2) is 9.19. The summed E-state index contributed by atoms with van der Waals surface area (Å²) in [5, 5.41) is 2.79. The van der Waals surface area contributed by atoms with E-state index in [1.54, 1.807) is 49.2 Å². The van der Waals surface area contributed by atoms with Crippen molar-refractivity contribution in [2.24, 2.45) is 0 Å². The minimum Gasteiger partial charge on any atom is -0.348 e. The van der Waals surface area contributed by atoms with E-state index in [1.165, 1.54) is 19.2 Å². The summed E-state index contributed by atoms with van der Waals surface area (Å²) in [6.45, 7) is 5.90. The highest BCUT2D eigenvalue weighted by molar-refractivity contribution is 7.89. The number of aryl methyl sites for hydroxylation is 1. The molecule has 0 aliphatic heterocycles. The van der Waals surface area contributed by atoms with Crippen LogP contribution in [0.25, 0.3) is 0 Å². The Morgan fingerprint density at radius 2 is 1.69 bits per heavy atom. The molecule has 2 aromatic carbocycles. The molecule has 0 spiro atoms. The molecule has 0 saturated carbocycles. The Balaban J connectivity index is 2.10. The minimum atomic E-state index is -3.63. The summed E-state index contributed by atoms with van der Waals surface area (Å²) in [5.41, 5.74) is 2.39. The molecule has 156 valence electrons. The van der Waals surface area contributed by atoms with Gasteiger partial charge in [-0.2, -0.15) is 0 Å². The number of rotatable bonds is 7. The second-order valence-corrected chi connectivity index (χ2v) is 8.96. The van der Waals surface area contributed by atoms with Crippen molar-refractivity contribution in [2.75, 3.05) is 14.1 Å². The molecular formula is C21H27N3O4S. The van der Waals surface area contributed by atoms with Gasteiger partial charge in [-0.3, -0.25) is 9.59 Å². The summed E-state index contributed by atoms with van der Waals surface area (Å²) in [5.74, 6) is -0.427. The molecule has 0 bridgehead atoms. The molecule has 2 amide bonds. The molecule has 29 heavy (non-hydrogen) atoms. The van der Waals surface area contributed by atoms with Crippen LogP contribution in [0.3, 0.4) is 0 Å². The summed E-state index contributed by atoms with van der Waals surface area (Å²) < 4.78 is 26.2. The number of nitrogens with one attached hydrogen (secondary N) is 2. The first-order chi connectivity index (χ1) is 13.6. The van der Waals surface area contributed by atoms with Gasteiger partial charge in [-0.1, -0.05) is 18.2 Å². The van der Waals surface area contributed by atoms with Gasteiger partial charge in [0, 0.05) is 30.8 Å². The highest BCUT2D eigenvalue weighted by Crippen LogP contribution is 2.16. The second-order valence-electron chi connectivity index (χ2n) is 7.07. The molecule has 0 saturated heterocycles. The predicted molar refractivity (Wildman–Crippen MR) is 112 cm³/mol. The Morgan fingerprint density at radius 3 is 2.24 bits per heavy atom. The number of nitrogens with zero attached hydrogens (tertiary/aromatic N) is 1. The summed E-state index contributed by atoms with van der Waals surface area (Å²) >= 11 is 0. The maximum absolute atomic E-state index is 12.6. The molecule has 0 aliphatic carbocycles. The Hall–Kier alpha value is -2.71. The van der Waals surface area contributed by atoms with E-state index in [0.717, 1.165) is 5.56 Å². The van der Waals surface area contributed by atoms with Crippen LogP contribution in [0.15, 0.2) is 47.4 Å². The first-order valence-corrected chi connectivity index (χ1v) is 10.7. The van der Waals surface area contributed by atoms with Gasteiger partial charge in [0.25, 0.3) is 11.8 Å². The van der Waals surface area contributed by atoms with Gasteiger partial charge in [-0.15, -0.1) is 0 Å². The van der Waals surface area contributed by atoms with Crippen LogP contribution in [-0.4, -0.2) is 45.3 Å². The molecule has 2 rings (SSSR count). The molecule has 0 atom stereocenters. The number of amides is 2. The smallest absolute Gasteiger partial charge is 0.253 e. The minimum absolute atomic E-state index is 0.0351. The zero-order chi connectivity index (χ0) is 21.8. The average Bonchev–Trinajstić information content (AvgIpc) is 2.71. The van der Waals surface area contributed by atoms with Crippen LogP contribution in [0.2, 0.25) is 0 Å². The fourth-order valence-corrected chi connectivity index (χ4v) is 3.37. The van der Waals surface area contributed by atoms with E-state index in [1.807, 2.05) is 13.8 Å². The number of carbonyl (C=O) groups excluding carboxylic acids is 2. The molecular weight excluding hydrogens is 390 g/mol. The quantitative estimate of drug-likeness (QED) is 0.723. The normalized spacial score (nSPS) is 11.4. The van der Waals surface area contributed by atoms with Crippen LogP contribution >= 0.6 is 0 Å². The van der Waals surface area contributed by atoms with Gasteiger partial charge in [-0.25, -0.2) is 13.1 Å². The highest BCUT2D eigenvalue weighted by atomic mass is 32.2. The lowest BCUT2D eigenvalue weighted by Gasteiger charge is -2.21. The van der Waals surface area contributed by atoms with E-state index >= 15 is 0 Å². The Kier molecular flexibility index (Phi) is 7.16. The molecule has 0 aromatic heterocycles. The molecule has 0 fully saturated rings. The monoisotopic (exact) mass is 417 g/mol. The third-order valence-electron chi connectivity index (χ3n) is 4.78. The van der Waals surface area contributed by atoms with Crippen LogP contribution < -0.4 is 10.0 Å². The molecule has 7 nitrogen and oxygen atoms in total. The van der Waals surface area contributed by atoms with Crippen molar-refractivity contribution in [2.45, 2.75) is 38.3 Å². The molecule has 0 unspecified atom stereocenters. The summed E-state index contributed by atoms with van der Waals surface area (Å²) in [6.07, 6.45) is 0. The van der Waals surface area contributed by atoms with Gasteiger partial charge < -0.3 is 10.2 Å². The highest BCUT2D eigenvalue weighted by Gasteiger charge is 2.17. The van der Waals surface area contributed by atoms with E-state index in [4.69, 9.17) is 0 Å². The number of carbonyl (C=O) groups is 2. The van der Waals surface area contributed by atoms with Gasteiger partial charge in [0.2, 0.25) is 10.0 Å². The summed E-state index contributed by atoms with van der Waals surface area (Å²) in [4.78, 5) is 26.6. The predicted octanol–water partition coefficient (Wildman–Crippen LogP) is 2.31. The van der Waals surface area contributed by atoms with Gasteiger partial charge in [-0.05, 0) is 63.2 Å². The Bertz CT molecular complexity index is 999. The number of benzene rings is 2. The van der Waals surface area contributed by atoms with E-state index in [9.17, 15) is 18.0 Å². The van der Waals surface area contributed by atoms with Crippen molar-refractivity contribution in [3.63, 3.8) is 0 Å². The zero-order valence-corrected chi connectivity index (χ0v) is 18.1. The van der Waals surface area contributed by atoms with Crippen LogP contribution in [0.4, 0.5) is 0 Å². The van der Waals surface area contributed by atoms with E-state index < -0.39 is 10.0 Å². The first-order valence-electron chi connectivity index (χ1n) is 9.25. The Morgan fingerprint density at radius 1 is 1.07 bits per heavy atom. The lowest BCUT2D eigenvalue weighted by molar-refractivity contribution is 0.0754. The number of hydrogen-bond donors (Lipinski definition) is 2. The maximum atomic E-state index is 12.6. The zero-order valence-electron chi connectivity index (χ0n) is 17.3. The van der Waals surface area contributed by atoms with Gasteiger partial charge >= 0.3 is 0 Å². The van der Waals surface area contributed by atoms with E-state index in [2.05, 4.69) is 10.0 Å². The van der Waals surface area contributed by atoms with Crippen molar-refractivity contribution in [1.29, 1.82) is 0 Å². The maximum Gasteiger partial charge on any atom is 0.253 e. The van der Waals surface area contributed by atoms with E-state index in [0.29, 0.717) is 16.7 Å². The van der Waals surface area contributed by atoms with Crippen LogP contribution in [0.1, 0.15) is 45.7 Å². The standard InChI is InChI=1S/C21H27N3O4S/c1-14(2)24(5)21(26)17-9-7-16(8-10-17)13-23-20(25)19-12-18(11-6-15(19)3)29(27,28)22-4/h6-12,14,22H,13H2,1-5H3,(H,23,25). The molecule has 0 aliphatic rings. The van der Waals surface area contributed by atoms with Gasteiger partial charge in [0.1, 0.15) is 0 Å². The average molecular weight is 418 g/mol. The first kappa shape index (κ1) is 22.6. The fourth-order valence-electron chi connectivity index (χ4n) is 2.61. The molecule has 8 heteroatoms. The van der Waals surface area contributed by atoms with Gasteiger partial charge in [0.15, 0.2) is 0 Å². The summed E-state index contributed by atoms with van der Waals surface area (Å²) in [7, 11) is -0.553. The topological polar surface area (TPSA) is 95.6 Å². The molecule has 0 radical (unpaired) electrons. The van der Waals surface area contributed by atoms with Crippen molar-refractivity contribution in [3.8, 4) is 0 Å². The number of hydrogen-bond acceptors (Lipinski definition) is 4. The number of sulfonamides is 1. The molecule has 2 N–H and O–H groups in total. The van der Waals surface area contributed by atoms with Crippen molar-refractivity contribution in [3.05, 3.63) is 64.7 Å². The lowest BCUT2D eigenvalue weighted by Crippen LogP contribution is -2.32. The largest absolute Gasteiger partial charge is 0.348 e. The van der Waals surface area contributed by atoms with Gasteiger partial charge in [0.05, 0.1) is 4.90 Å². The van der Waals surface area contributed by atoms with Crippen molar-refractivity contribution < 1.29 is 18.0 Å². The van der Waals surface area contributed by atoms with Crippen LogP contribution in [0, 0.1) is 6.92 Å². The fraction of sp³-hybridized carbons (Fsp3) is 0.333. The third kappa shape index (κ3) is 5.42. The lowest BCUT2D eigenvalue weighted by atomic mass is 10.1. The van der Waals surface area contributed by atoms with Crippen molar-refractivity contribution in [1.82, 2.24) is 14.9 Å². The SMILES string of the molecule is CNS(=O)(=O)c1ccc(C)c(C(=O)NCc2ccc(C(=O)N(C)C(C)C)cc2)c1. The molecule has 0 heterocycles. The van der Waals surface area contributed by atoms with Crippen LogP contribution in [0.5, 0.6) is 0 Å². The van der Waals surface area contributed by atoms with E-state index in [-0.39, 0.29) is 29.3 Å².